The van der Waals surface area contributed by atoms with Crippen LogP contribution >= 0.6 is 11.6 Å². The standard InChI is InChI=1S/C14H11ClN2O3S/c1-20-11-6-7-12(15)13(8-11)17-21(18,19)14-5-3-2-4-10(14)9-16/h2-8,17H,1H3. The van der Waals surface area contributed by atoms with Gasteiger partial charge in [0.2, 0.25) is 0 Å². The SMILES string of the molecule is COc1ccc(Cl)c(NS(=O)(=O)c2ccccc2C#N)c1. The Kier molecular flexibility index (Phi) is 4.36. The molecule has 0 amide bonds. The van der Waals surface area contributed by atoms with Crippen LogP contribution in [0.1, 0.15) is 5.56 Å². The molecule has 2 aromatic carbocycles. The summed E-state index contributed by atoms with van der Waals surface area (Å²) in [6.07, 6.45) is 0. The summed E-state index contributed by atoms with van der Waals surface area (Å²) in [5.41, 5.74) is 0.243. The van der Waals surface area contributed by atoms with E-state index in [9.17, 15) is 8.42 Å². The van der Waals surface area contributed by atoms with Gasteiger partial charge in [-0.3, -0.25) is 4.72 Å². The van der Waals surface area contributed by atoms with Crippen LogP contribution in [0.25, 0.3) is 0 Å². The molecule has 1 N–H and O–H groups in total. The molecule has 0 aliphatic heterocycles. The number of sulfonamides is 1. The zero-order valence-electron chi connectivity index (χ0n) is 11.0. The van der Waals surface area contributed by atoms with E-state index in [1.165, 1.54) is 31.4 Å². The molecule has 5 nitrogen and oxygen atoms in total. The Morgan fingerprint density at radius 1 is 1.24 bits per heavy atom. The summed E-state index contributed by atoms with van der Waals surface area (Å²) in [5, 5.41) is 9.23. The van der Waals surface area contributed by atoms with Gasteiger partial charge in [0.1, 0.15) is 16.7 Å². The first-order valence-electron chi connectivity index (χ1n) is 5.83. The average Bonchev–Trinajstić information content (AvgIpc) is 2.49. The molecule has 0 aliphatic rings. The average molecular weight is 323 g/mol. The van der Waals surface area contributed by atoms with E-state index < -0.39 is 10.0 Å². The van der Waals surface area contributed by atoms with Crippen molar-refractivity contribution in [1.82, 2.24) is 0 Å². The van der Waals surface area contributed by atoms with Crippen molar-refractivity contribution >= 4 is 27.3 Å². The second-order valence-corrected chi connectivity index (χ2v) is 6.12. The maximum Gasteiger partial charge on any atom is 0.263 e. The Hall–Kier alpha value is -2.23. The number of hydrogen-bond acceptors (Lipinski definition) is 4. The largest absolute Gasteiger partial charge is 0.497 e. The van der Waals surface area contributed by atoms with Crippen molar-refractivity contribution in [2.24, 2.45) is 0 Å². The molecule has 0 bridgehead atoms. The lowest BCUT2D eigenvalue weighted by Crippen LogP contribution is -2.14. The quantitative estimate of drug-likeness (QED) is 0.938. The molecule has 0 aromatic heterocycles. The molecular weight excluding hydrogens is 312 g/mol. The molecule has 7 heteroatoms. The number of anilines is 1. The minimum Gasteiger partial charge on any atom is -0.497 e. The third-order valence-electron chi connectivity index (χ3n) is 2.71. The number of ether oxygens (including phenoxy) is 1. The van der Waals surface area contributed by atoms with Crippen LogP contribution in [0.5, 0.6) is 5.75 Å². The lowest BCUT2D eigenvalue weighted by molar-refractivity contribution is 0.415. The van der Waals surface area contributed by atoms with Crippen LogP contribution in [0.4, 0.5) is 5.69 Å². The highest BCUT2D eigenvalue weighted by atomic mass is 35.5. The summed E-state index contributed by atoms with van der Waals surface area (Å²) in [5.74, 6) is 0.464. The van der Waals surface area contributed by atoms with Crippen LogP contribution in [0, 0.1) is 11.3 Å². The molecule has 0 spiro atoms. The molecule has 2 aromatic rings. The Morgan fingerprint density at radius 2 is 1.95 bits per heavy atom. The molecule has 0 radical (unpaired) electrons. The second kappa shape index (κ2) is 6.04. The zero-order valence-corrected chi connectivity index (χ0v) is 12.6. The lowest BCUT2D eigenvalue weighted by Gasteiger charge is -2.11. The monoisotopic (exact) mass is 322 g/mol. The van der Waals surface area contributed by atoms with Gasteiger partial charge in [0.25, 0.3) is 10.0 Å². The third kappa shape index (κ3) is 3.27. The van der Waals surface area contributed by atoms with Crippen molar-refractivity contribution in [2.75, 3.05) is 11.8 Å². The zero-order chi connectivity index (χ0) is 15.5. The molecule has 0 unspecified atom stereocenters. The number of hydrogen-bond donors (Lipinski definition) is 1. The highest BCUT2D eigenvalue weighted by Gasteiger charge is 2.19. The fourth-order valence-electron chi connectivity index (χ4n) is 1.70. The number of benzene rings is 2. The fourth-order valence-corrected chi connectivity index (χ4v) is 3.15. The predicted octanol–water partition coefficient (Wildman–Crippen LogP) is 3.02. The number of nitrogens with zero attached hydrogens (tertiary/aromatic N) is 1. The third-order valence-corrected chi connectivity index (χ3v) is 4.47. The van der Waals surface area contributed by atoms with Gasteiger partial charge < -0.3 is 4.74 Å². The van der Waals surface area contributed by atoms with E-state index >= 15 is 0 Å². The normalized spacial score (nSPS) is 10.7. The Labute approximate surface area is 127 Å². The van der Waals surface area contributed by atoms with Gasteiger partial charge in [-0.2, -0.15) is 5.26 Å². The Bertz CT molecular complexity index is 813. The Morgan fingerprint density at radius 3 is 2.62 bits per heavy atom. The van der Waals surface area contributed by atoms with Crippen molar-refractivity contribution in [3.63, 3.8) is 0 Å². The highest BCUT2D eigenvalue weighted by molar-refractivity contribution is 7.92. The Balaban J connectivity index is 2.45. The number of nitriles is 1. The van der Waals surface area contributed by atoms with Crippen LogP contribution < -0.4 is 9.46 Å². The van der Waals surface area contributed by atoms with E-state index in [1.807, 2.05) is 6.07 Å². The topological polar surface area (TPSA) is 79.2 Å². The van der Waals surface area contributed by atoms with E-state index in [0.29, 0.717) is 5.75 Å². The molecule has 2 rings (SSSR count). The molecule has 108 valence electrons. The molecule has 0 saturated carbocycles. The molecular formula is C14H11ClN2O3S. The molecule has 0 aliphatic carbocycles. The first-order valence-corrected chi connectivity index (χ1v) is 7.69. The van der Waals surface area contributed by atoms with Gasteiger partial charge in [-0.05, 0) is 24.3 Å². The van der Waals surface area contributed by atoms with Crippen molar-refractivity contribution in [3.8, 4) is 11.8 Å². The summed E-state index contributed by atoms with van der Waals surface area (Å²) in [4.78, 5) is -0.105. The van der Waals surface area contributed by atoms with Crippen molar-refractivity contribution in [3.05, 3.63) is 53.1 Å². The van der Waals surface area contributed by atoms with Gasteiger partial charge in [-0.25, -0.2) is 8.42 Å². The van der Waals surface area contributed by atoms with Crippen LogP contribution in [-0.2, 0) is 10.0 Å². The van der Waals surface area contributed by atoms with Crippen molar-refractivity contribution < 1.29 is 13.2 Å². The smallest absolute Gasteiger partial charge is 0.263 e. The first-order chi connectivity index (χ1) is 9.97. The highest BCUT2D eigenvalue weighted by Crippen LogP contribution is 2.29. The number of halogens is 1. The van der Waals surface area contributed by atoms with Crippen LogP contribution in [0.15, 0.2) is 47.4 Å². The summed E-state index contributed by atoms with van der Waals surface area (Å²) in [7, 11) is -2.45. The first kappa shape index (κ1) is 15.2. The van der Waals surface area contributed by atoms with Gasteiger partial charge in [0.15, 0.2) is 0 Å². The number of nitrogens with one attached hydrogen (secondary N) is 1. The van der Waals surface area contributed by atoms with Gasteiger partial charge >= 0.3 is 0 Å². The molecule has 0 saturated heterocycles. The predicted molar refractivity (Wildman–Crippen MR) is 80.0 cm³/mol. The van der Waals surface area contributed by atoms with Crippen molar-refractivity contribution in [1.29, 1.82) is 5.26 Å². The summed E-state index contributed by atoms with van der Waals surface area (Å²) >= 11 is 5.97. The molecule has 0 fully saturated rings. The van der Waals surface area contributed by atoms with E-state index in [4.69, 9.17) is 21.6 Å². The van der Waals surface area contributed by atoms with Crippen molar-refractivity contribution in [2.45, 2.75) is 4.90 Å². The van der Waals surface area contributed by atoms with Gasteiger partial charge in [-0.15, -0.1) is 0 Å². The van der Waals surface area contributed by atoms with E-state index in [2.05, 4.69) is 4.72 Å². The van der Waals surface area contributed by atoms with E-state index in [-0.39, 0.29) is 21.2 Å². The number of methoxy groups -OCH3 is 1. The molecule has 21 heavy (non-hydrogen) atoms. The minimum atomic E-state index is -3.92. The van der Waals surface area contributed by atoms with Crippen LogP contribution in [-0.4, -0.2) is 15.5 Å². The number of rotatable bonds is 4. The second-order valence-electron chi connectivity index (χ2n) is 4.06. The summed E-state index contributed by atoms with van der Waals surface area (Å²) in [6.45, 7) is 0. The van der Waals surface area contributed by atoms with E-state index in [1.54, 1.807) is 18.2 Å². The van der Waals surface area contributed by atoms with Crippen LogP contribution in [0.3, 0.4) is 0 Å². The molecule has 0 atom stereocenters. The minimum absolute atomic E-state index is 0.0593. The van der Waals surface area contributed by atoms with Gasteiger partial charge in [-0.1, -0.05) is 23.7 Å². The summed E-state index contributed by atoms with van der Waals surface area (Å²) in [6, 6.07) is 12.4. The molecule has 0 heterocycles. The van der Waals surface area contributed by atoms with Crippen LogP contribution in [0.2, 0.25) is 5.02 Å². The maximum atomic E-state index is 12.4. The fraction of sp³-hybridized carbons (Fsp3) is 0.0714. The van der Waals surface area contributed by atoms with Gasteiger partial charge in [0, 0.05) is 6.07 Å². The summed E-state index contributed by atoms with van der Waals surface area (Å²) < 4.78 is 32.1. The lowest BCUT2D eigenvalue weighted by atomic mass is 10.2. The maximum absolute atomic E-state index is 12.4. The van der Waals surface area contributed by atoms with Gasteiger partial charge in [0.05, 0.1) is 23.4 Å². The van der Waals surface area contributed by atoms with E-state index in [0.717, 1.165) is 0 Å².